The topological polar surface area (TPSA) is 43.3 Å². The number of likely N-dealkylation sites (tertiary alicyclic amines) is 1. The number of methoxy groups -OCH3 is 1. The number of nitrogens with zero attached hydrogens (tertiary/aromatic N) is 4. The molecule has 7 heteroatoms. The fourth-order valence-corrected chi connectivity index (χ4v) is 4.35. The largest absolute Gasteiger partial charge is 0.384 e. The van der Waals surface area contributed by atoms with E-state index >= 15 is 0 Å². The molecule has 0 saturated carbocycles. The molecule has 29 heavy (non-hydrogen) atoms. The first-order valence-corrected chi connectivity index (χ1v) is 10.6. The van der Waals surface area contributed by atoms with Crippen molar-refractivity contribution >= 4 is 35.6 Å². The number of aryl methyl sites for hydroxylation is 1. The Hall–Kier alpha value is -1.06. The van der Waals surface area contributed by atoms with Crippen molar-refractivity contribution in [2.75, 3.05) is 78.0 Å². The first-order chi connectivity index (χ1) is 13.6. The van der Waals surface area contributed by atoms with Gasteiger partial charge in [0.15, 0.2) is 5.96 Å². The molecule has 2 aliphatic rings. The number of piperazine rings is 1. The third-order valence-corrected chi connectivity index (χ3v) is 6.20. The summed E-state index contributed by atoms with van der Waals surface area (Å²) in [5.41, 5.74) is 4.20. The maximum absolute atomic E-state index is 5.30. The van der Waals surface area contributed by atoms with E-state index in [9.17, 15) is 0 Å². The minimum atomic E-state index is 0. The van der Waals surface area contributed by atoms with Gasteiger partial charge in [-0.25, -0.2) is 0 Å². The second-order valence-corrected chi connectivity index (χ2v) is 8.08. The average molecular weight is 515 g/mol. The lowest BCUT2D eigenvalue weighted by atomic mass is 10.1. The number of ether oxygens (including phenoxy) is 1. The van der Waals surface area contributed by atoms with E-state index < -0.39 is 0 Å². The van der Waals surface area contributed by atoms with Crippen LogP contribution in [0.3, 0.4) is 0 Å². The van der Waals surface area contributed by atoms with E-state index in [0.717, 1.165) is 64.9 Å². The molecule has 2 saturated heterocycles. The van der Waals surface area contributed by atoms with Crippen molar-refractivity contribution in [1.82, 2.24) is 15.1 Å². The Kier molecular flexibility index (Phi) is 9.98. The summed E-state index contributed by atoms with van der Waals surface area (Å²) in [6.07, 6.45) is 1.19. The summed E-state index contributed by atoms with van der Waals surface area (Å²) in [6.45, 7) is 13.8. The van der Waals surface area contributed by atoms with Crippen LogP contribution in [0.2, 0.25) is 0 Å². The summed E-state index contributed by atoms with van der Waals surface area (Å²) >= 11 is 0. The maximum Gasteiger partial charge on any atom is 0.193 e. The van der Waals surface area contributed by atoms with Crippen molar-refractivity contribution in [2.24, 2.45) is 10.9 Å². The molecule has 1 N–H and O–H groups in total. The molecule has 1 unspecified atom stereocenters. The number of nitrogens with one attached hydrogen (secondary N) is 1. The summed E-state index contributed by atoms with van der Waals surface area (Å²) in [6, 6.07) is 6.64. The molecule has 0 radical (unpaired) electrons. The van der Waals surface area contributed by atoms with Crippen LogP contribution in [0.15, 0.2) is 23.2 Å². The van der Waals surface area contributed by atoms with Gasteiger partial charge in [0.1, 0.15) is 0 Å². The summed E-state index contributed by atoms with van der Waals surface area (Å²) in [7, 11) is 3.67. The molecule has 0 amide bonds. The SMILES string of the molecule is CN=C(NCCN1CCN(c2cccc(C)c2C)CC1)N1CCC(COC)C1.I. The van der Waals surface area contributed by atoms with E-state index in [2.05, 4.69) is 57.1 Å². The number of hydrogen-bond acceptors (Lipinski definition) is 4. The van der Waals surface area contributed by atoms with Crippen molar-refractivity contribution in [2.45, 2.75) is 20.3 Å². The van der Waals surface area contributed by atoms with Crippen LogP contribution in [-0.2, 0) is 4.74 Å². The second kappa shape index (κ2) is 12.0. The van der Waals surface area contributed by atoms with Crippen molar-refractivity contribution in [3.05, 3.63) is 29.3 Å². The van der Waals surface area contributed by atoms with E-state index in [1.807, 2.05) is 7.05 Å². The molecular weight excluding hydrogens is 477 g/mol. The normalized spacial score (nSPS) is 20.7. The van der Waals surface area contributed by atoms with Crippen LogP contribution < -0.4 is 10.2 Å². The summed E-state index contributed by atoms with van der Waals surface area (Å²) < 4.78 is 5.30. The van der Waals surface area contributed by atoms with Gasteiger partial charge in [0, 0.05) is 78.1 Å². The van der Waals surface area contributed by atoms with Crippen LogP contribution >= 0.6 is 24.0 Å². The highest BCUT2D eigenvalue weighted by Crippen LogP contribution is 2.23. The smallest absolute Gasteiger partial charge is 0.193 e. The number of benzene rings is 1. The highest BCUT2D eigenvalue weighted by Gasteiger charge is 2.25. The van der Waals surface area contributed by atoms with Crippen molar-refractivity contribution in [3.63, 3.8) is 0 Å². The molecule has 2 aliphatic heterocycles. The van der Waals surface area contributed by atoms with Crippen molar-refractivity contribution in [3.8, 4) is 0 Å². The minimum absolute atomic E-state index is 0. The molecule has 0 spiro atoms. The molecule has 0 aliphatic carbocycles. The third kappa shape index (κ3) is 6.46. The number of hydrogen-bond donors (Lipinski definition) is 1. The van der Waals surface area contributed by atoms with E-state index in [1.54, 1.807) is 7.11 Å². The molecule has 3 rings (SSSR count). The van der Waals surface area contributed by atoms with Crippen LogP contribution in [0.1, 0.15) is 17.5 Å². The number of aliphatic imine (C=N–C) groups is 1. The van der Waals surface area contributed by atoms with Gasteiger partial charge in [-0.1, -0.05) is 12.1 Å². The van der Waals surface area contributed by atoms with E-state index in [-0.39, 0.29) is 24.0 Å². The fraction of sp³-hybridized carbons (Fsp3) is 0.682. The number of guanidine groups is 1. The van der Waals surface area contributed by atoms with Crippen molar-refractivity contribution in [1.29, 1.82) is 0 Å². The molecule has 0 bridgehead atoms. The van der Waals surface area contributed by atoms with E-state index in [0.29, 0.717) is 5.92 Å². The zero-order valence-electron chi connectivity index (χ0n) is 18.5. The quantitative estimate of drug-likeness (QED) is 0.359. The molecule has 0 aromatic heterocycles. The number of rotatable bonds is 6. The van der Waals surface area contributed by atoms with Gasteiger partial charge < -0.3 is 19.9 Å². The Labute approximate surface area is 193 Å². The van der Waals surface area contributed by atoms with Gasteiger partial charge in [-0.2, -0.15) is 0 Å². The molecule has 1 aromatic carbocycles. The zero-order valence-corrected chi connectivity index (χ0v) is 20.8. The Bertz CT molecular complexity index is 661. The molecule has 6 nitrogen and oxygen atoms in total. The van der Waals surface area contributed by atoms with Gasteiger partial charge in [0.2, 0.25) is 0 Å². The predicted molar refractivity (Wildman–Crippen MR) is 133 cm³/mol. The van der Waals surface area contributed by atoms with Gasteiger partial charge in [0.05, 0.1) is 6.61 Å². The van der Waals surface area contributed by atoms with Gasteiger partial charge in [-0.05, 0) is 37.5 Å². The molecule has 164 valence electrons. The molecule has 2 fully saturated rings. The van der Waals surface area contributed by atoms with Crippen LogP contribution in [0.25, 0.3) is 0 Å². The molecular formula is C22H38IN5O. The average Bonchev–Trinajstić information content (AvgIpc) is 3.17. The van der Waals surface area contributed by atoms with Gasteiger partial charge in [-0.3, -0.25) is 9.89 Å². The maximum atomic E-state index is 5.30. The number of anilines is 1. The highest BCUT2D eigenvalue weighted by atomic mass is 127. The zero-order chi connectivity index (χ0) is 19.9. The van der Waals surface area contributed by atoms with E-state index in [1.165, 1.54) is 23.2 Å². The molecule has 2 heterocycles. The highest BCUT2D eigenvalue weighted by molar-refractivity contribution is 14.0. The minimum Gasteiger partial charge on any atom is -0.384 e. The number of halogens is 1. The fourth-order valence-electron chi connectivity index (χ4n) is 4.35. The van der Waals surface area contributed by atoms with Crippen LogP contribution in [0.5, 0.6) is 0 Å². The Morgan fingerprint density at radius 1 is 1.17 bits per heavy atom. The monoisotopic (exact) mass is 515 g/mol. The first-order valence-electron chi connectivity index (χ1n) is 10.6. The van der Waals surface area contributed by atoms with Crippen molar-refractivity contribution < 1.29 is 4.74 Å². The van der Waals surface area contributed by atoms with Gasteiger partial charge >= 0.3 is 0 Å². The Morgan fingerprint density at radius 2 is 1.93 bits per heavy atom. The predicted octanol–water partition coefficient (Wildman–Crippen LogP) is 2.59. The lowest BCUT2D eigenvalue weighted by Gasteiger charge is -2.37. The van der Waals surface area contributed by atoms with Crippen LogP contribution in [0.4, 0.5) is 5.69 Å². The molecule has 1 atom stereocenters. The summed E-state index contributed by atoms with van der Waals surface area (Å²) in [4.78, 5) is 11.9. The summed E-state index contributed by atoms with van der Waals surface area (Å²) in [5, 5.41) is 3.56. The van der Waals surface area contributed by atoms with Gasteiger partial charge in [-0.15, -0.1) is 24.0 Å². The van der Waals surface area contributed by atoms with Crippen LogP contribution in [0, 0.1) is 19.8 Å². The van der Waals surface area contributed by atoms with Gasteiger partial charge in [0.25, 0.3) is 0 Å². The lowest BCUT2D eigenvalue weighted by molar-refractivity contribution is 0.157. The summed E-state index contributed by atoms with van der Waals surface area (Å²) in [5.74, 6) is 1.66. The standard InChI is InChI=1S/C22H37N5O.HI/c1-18-6-5-7-21(19(18)2)26-14-12-25(13-15-26)11-9-24-22(23-3)27-10-8-20(16-27)17-28-4;/h5-7,20H,8-17H2,1-4H3,(H,23,24);1H. The lowest BCUT2D eigenvalue weighted by Crippen LogP contribution is -2.49. The molecule has 1 aromatic rings. The van der Waals surface area contributed by atoms with E-state index in [4.69, 9.17) is 4.74 Å². The van der Waals surface area contributed by atoms with Crippen LogP contribution in [-0.4, -0.2) is 88.9 Å². The Balaban J connectivity index is 0.00000300. The first kappa shape index (κ1) is 24.2. The third-order valence-electron chi connectivity index (χ3n) is 6.20. The second-order valence-electron chi connectivity index (χ2n) is 8.08. The Morgan fingerprint density at radius 3 is 2.62 bits per heavy atom.